The molecule has 1 aromatic carbocycles. The number of nitrogens with zero attached hydrogens (tertiary/aromatic N) is 2. The van der Waals surface area contributed by atoms with Crippen molar-refractivity contribution < 1.29 is 24.6 Å². The van der Waals surface area contributed by atoms with Crippen LogP contribution in [-0.2, 0) is 17.9 Å². The molecule has 0 unspecified atom stereocenters. The summed E-state index contributed by atoms with van der Waals surface area (Å²) in [6.45, 7) is -0.803. The fourth-order valence-electron chi connectivity index (χ4n) is 3.00. The number of benzene rings is 1. The third-order valence-electron chi connectivity index (χ3n) is 4.66. The summed E-state index contributed by atoms with van der Waals surface area (Å²) in [5.41, 5.74) is -0.751. The van der Waals surface area contributed by atoms with Gasteiger partial charge in [0.1, 0.15) is 17.9 Å². The van der Waals surface area contributed by atoms with Gasteiger partial charge in [-0.05, 0) is 35.4 Å². The summed E-state index contributed by atoms with van der Waals surface area (Å²) >= 11 is 11.9. The number of hydrogen-bond donors (Lipinski definition) is 4. The number of aromatic hydroxyl groups is 1. The number of halogens is 2. The quantitative estimate of drug-likeness (QED) is 0.366. The van der Waals surface area contributed by atoms with Crippen LogP contribution in [0, 0.1) is 0 Å². The lowest BCUT2D eigenvalue weighted by Gasteiger charge is -2.14. The number of amides is 2. The normalized spacial score (nSPS) is 10.5. The standard InChI is InChI=1S/C22H18Cl2N4O6/c23-15-2-1-13(7-16(15)24)8-26-20(32)14-11-28(10-12-3-5-25-6-4-12)22(34)18(19(14)31)21(33)27-9-17(29)30/h1-7,11,31H,8-10H2,(H,26,32)(H,27,33)(H,29,30). The van der Waals surface area contributed by atoms with Crippen molar-refractivity contribution in [2.24, 2.45) is 0 Å². The molecule has 0 fully saturated rings. The van der Waals surface area contributed by atoms with Crippen LogP contribution in [0.1, 0.15) is 31.8 Å². The molecule has 12 heteroatoms. The number of hydrogen-bond acceptors (Lipinski definition) is 6. The molecule has 2 heterocycles. The highest BCUT2D eigenvalue weighted by Crippen LogP contribution is 2.23. The summed E-state index contributed by atoms with van der Waals surface area (Å²) in [5.74, 6) is -4.13. The van der Waals surface area contributed by atoms with Gasteiger partial charge in [0.25, 0.3) is 17.4 Å². The minimum absolute atomic E-state index is 0.0131. The van der Waals surface area contributed by atoms with Crippen LogP contribution in [0.3, 0.4) is 0 Å². The van der Waals surface area contributed by atoms with E-state index >= 15 is 0 Å². The molecule has 34 heavy (non-hydrogen) atoms. The lowest BCUT2D eigenvalue weighted by atomic mass is 10.1. The van der Waals surface area contributed by atoms with Crippen LogP contribution < -0.4 is 16.2 Å². The van der Waals surface area contributed by atoms with Crippen molar-refractivity contribution in [3.63, 3.8) is 0 Å². The van der Waals surface area contributed by atoms with Gasteiger partial charge in [0.15, 0.2) is 0 Å². The molecule has 0 saturated carbocycles. The SMILES string of the molecule is O=C(O)CNC(=O)c1c(O)c(C(=O)NCc2ccc(Cl)c(Cl)c2)cn(Cc2ccncc2)c1=O. The predicted octanol–water partition coefficient (Wildman–Crippen LogP) is 2.05. The first kappa shape index (κ1) is 24.7. The highest BCUT2D eigenvalue weighted by Gasteiger charge is 2.25. The van der Waals surface area contributed by atoms with Crippen molar-refractivity contribution in [2.45, 2.75) is 13.1 Å². The molecule has 0 bridgehead atoms. The summed E-state index contributed by atoms with van der Waals surface area (Å²) in [6.07, 6.45) is 4.13. The Labute approximate surface area is 202 Å². The van der Waals surface area contributed by atoms with Crippen LogP contribution in [0.2, 0.25) is 10.0 Å². The number of carbonyl (C=O) groups excluding carboxylic acids is 2. The lowest BCUT2D eigenvalue weighted by Crippen LogP contribution is -2.37. The summed E-state index contributed by atoms with van der Waals surface area (Å²) < 4.78 is 1.07. The summed E-state index contributed by atoms with van der Waals surface area (Å²) in [4.78, 5) is 53.0. The second-order valence-corrected chi connectivity index (χ2v) is 7.88. The zero-order valence-corrected chi connectivity index (χ0v) is 18.9. The number of carbonyl (C=O) groups is 3. The van der Waals surface area contributed by atoms with E-state index in [0.29, 0.717) is 21.2 Å². The first-order chi connectivity index (χ1) is 16.2. The third kappa shape index (κ3) is 5.91. The Morgan fingerprint density at radius 1 is 0.971 bits per heavy atom. The number of aromatic nitrogens is 2. The van der Waals surface area contributed by atoms with Gasteiger partial charge in [0, 0.05) is 25.1 Å². The number of rotatable bonds is 8. The second kappa shape index (κ2) is 10.8. The van der Waals surface area contributed by atoms with E-state index in [4.69, 9.17) is 28.3 Å². The molecule has 0 atom stereocenters. The van der Waals surface area contributed by atoms with E-state index in [0.717, 1.165) is 10.8 Å². The fourth-order valence-corrected chi connectivity index (χ4v) is 3.32. The topological polar surface area (TPSA) is 151 Å². The molecule has 0 spiro atoms. The van der Waals surface area contributed by atoms with Gasteiger partial charge in [-0.25, -0.2) is 0 Å². The van der Waals surface area contributed by atoms with Crippen LogP contribution in [0.25, 0.3) is 0 Å². The monoisotopic (exact) mass is 504 g/mol. The number of pyridine rings is 2. The minimum atomic E-state index is -1.35. The Hall–Kier alpha value is -3.89. The second-order valence-electron chi connectivity index (χ2n) is 7.06. The third-order valence-corrected chi connectivity index (χ3v) is 5.40. The van der Waals surface area contributed by atoms with Gasteiger partial charge < -0.3 is 25.4 Å². The van der Waals surface area contributed by atoms with Crippen LogP contribution >= 0.6 is 23.2 Å². The van der Waals surface area contributed by atoms with Crippen molar-refractivity contribution in [2.75, 3.05) is 6.54 Å². The van der Waals surface area contributed by atoms with E-state index in [1.54, 1.807) is 30.3 Å². The predicted molar refractivity (Wildman–Crippen MR) is 123 cm³/mol. The highest BCUT2D eigenvalue weighted by molar-refractivity contribution is 6.42. The average molecular weight is 505 g/mol. The van der Waals surface area contributed by atoms with Crippen molar-refractivity contribution >= 4 is 41.0 Å². The molecule has 0 saturated heterocycles. The van der Waals surface area contributed by atoms with Crippen LogP contribution in [0.5, 0.6) is 5.75 Å². The largest absolute Gasteiger partial charge is 0.506 e. The minimum Gasteiger partial charge on any atom is -0.506 e. The number of aliphatic carboxylic acids is 1. The zero-order chi connectivity index (χ0) is 24.8. The molecule has 0 aliphatic heterocycles. The van der Waals surface area contributed by atoms with Crippen LogP contribution in [0.4, 0.5) is 0 Å². The molecule has 3 rings (SSSR count). The summed E-state index contributed by atoms with van der Waals surface area (Å²) in [5, 5.41) is 24.7. The molecule has 2 amide bonds. The molecule has 4 N–H and O–H groups in total. The van der Waals surface area contributed by atoms with Crippen molar-refractivity contribution in [3.8, 4) is 5.75 Å². The van der Waals surface area contributed by atoms with E-state index in [2.05, 4.69) is 10.3 Å². The van der Waals surface area contributed by atoms with Crippen molar-refractivity contribution in [1.82, 2.24) is 20.2 Å². The molecule has 0 aliphatic rings. The van der Waals surface area contributed by atoms with E-state index in [1.807, 2.05) is 5.32 Å². The van der Waals surface area contributed by atoms with Gasteiger partial charge in [-0.1, -0.05) is 29.3 Å². The fraction of sp³-hybridized carbons (Fsp3) is 0.136. The van der Waals surface area contributed by atoms with Gasteiger partial charge in [0.05, 0.1) is 22.2 Å². The molecular weight excluding hydrogens is 487 g/mol. The Morgan fingerprint density at radius 3 is 2.32 bits per heavy atom. The average Bonchev–Trinajstić information content (AvgIpc) is 2.80. The molecule has 0 radical (unpaired) electrons. The number of carboxylic acids is 1. The Morgan fingerprint density at radius 2 is 1.68 bits per heavy atom. The van der Waals surface area contributed by atoms with Gasteiger partial charge >= 0.3 is 5.97 Å². The first-order valence-electron chi connectivity index (χ1n) is 9.74. The van der Waals surface area contributed by atoms with E-state index in [1.165, 1.54) is 12.4 Å². The van der Waals surface area contributed by atoms with Crippen LogP contribution in [-0.4, -0.2) is 44.1 Å². The van der Waals surface area contributed by atoms with Gasteiger partial charge in [-0.15, -0.1) is 0 Å². The van der Waals surface area contributed by atoms with E-state index in [9.17, 15) is 24.3 Å². The van der Waals surface area contributed by atoms with Crippen LogP contribution in [0.15, 0.2) is 53.7 Å². The summed E-state index contributed by atoms with van der Waals surface area (Å²) in [7, 11) is 0. The molecule has 10 nitrogen and oxygen atoms in total. The smallest absolute Gasteiger partial charge is 0.322 e. The zero-order valence-electron chi connectivity index (χ0n) is 17.4. The maximum Gasteiger partial charge on any atom is 0.322 e. The van der Waals surface area contributed by atoms with E-state index < -0.39 is 41.2 Å². The molecular formula is C22H18Cl2N4O6. The molecule has 2 aromatic heterocycles. The molecule has 3 aromatic rings. The lowest BCUT2D eigenvalue weighted by molar-refractivity contribution is -0.135. The maximum absolute atomic E-state index is 12.9. The number of nitrogens with one attached hydrogen (secondary N) is 2. The Kier molecular flexibility index (Phi) is 7.87. The molecule has 0 aliphatic carbocycles. The maximum atomic E-state index is 12.9. The van der Waals surface area contributed by atoms with Gasteiger partial charge in [0.2, 0.25) is 0 Å². The van der Waals surface area contributed by atoms with Crippen molar-refractivity contribution in [3.05, 3.63) is 91.6 Å². The number of carboxylic acid groups (broad SMARTS) is 1. The Balaban J connectivity index is 1.97. The Bertz CT molecular complexity index is 1310. The molecule has 176 valence electrons. The van der Waals surface area contributed by atoms with Crippen molar-refractivity contribution in [1.29, 1.82) is 0 Å². The first-order valence-corrected chi connectivity index (χ1v) is 10.5. The highest BCUT2D eigenvalue weighted by atomic mass is 35.5. The summed E-state index contributed by atoms with van der Waals surface area (Å²) in [6, 6.07) is 8.02. The van der Waals surface area contributed by atoms with Gasteiger partial charge in [-0.2, -0.15) is 0 Å². The van der Waals surface area contributed by atoms with Gasteiger partial charge in [-0.3, -0.25) is 24.2 Å². The van der Waals surface area contributed by atoms with E-state index in [-0.39, 0.29) is 18.7 Å².